The van der Waals surface area contributed by atoms with Crippen molar-refractivity contribution in [1.29, 1.82) is 0 Å². The Morgan fingerprint density at radius 3 is 2.44 bits per heavy atom. The zero-order chi connectivity index (χ0) is 24.5. The lowest BCUT2D eigenvalue weighted by molar-refractivity contribution is -0.159. The van der Waals surface area contributed by atoms with Gasteiger partial charge in [-0.25, -0.2) is 4.79 Å². The number of aliphatic hydroxyl groups is 1. The predicted molar refractivity (Wildman–Crippen MR) is 132 cm³/mol. The Balaban J connectivity index is 1.32. The van der Waals surface area contributed by atoms with Crippen LogP contribution in [0.1, 0.15) is 105 Å². The van der Waals surface area contributed by atoms with E-state index in [2.05, 4.69) is 20.8 Å². The number of fused-ring (bicyclic) bond motifs is 5. The van der Waals surface area contributed by atoms with Gasteiger partial charge in [-0.2, -0.15) is 0 Å². The Morgan fingerprint density at radius 2 is 1.68 bits per heavy atom. The van der Waals surface area contributed by atoms with E-state index in [0.717, 1.165) is 43.4 Å². The molecule has 4 aliphatic rings. The van der Waals surface area contributed by atoms with Gasteiger partial charge in [-0.15, -0.1) is 0 Å². The van der Waals surface area contributed by atoms with Crippen LogP contribution in [0.4, 0.5) is 0 Å². The maximum absolute atomic E-state index is 12.2. The summed E-state index contributed by atoms with van der Waals surface area (Å²) >= 11 is 0. The van der Waals surface area contributed by atoms with Gasteiger partial charge >= 0.3 is 11.9 Å². The van der Waals surface area contributed by atoms with E-state index >= 15 is 0 Å². The van der Waals surface area contributed by atoms with Crippen LogP contribution in [0.15, 0.2) is 0 Å². The first kappa shape index (κ1) is 26.0. The normalized spacial score (nSPS) is 42.1. The van der Waals surface area contributed by atoms with E-state index in [1.807, 2.05) is 6.92 Å². The Morgan fingerprint density at radius 1 is 0.941 bits per heavy atom. The molecule has 194 valence electrons. The van der Waals surface area contributed by atoms with Crippen molar-refractivity contribution in [3.05, 3.63) is 0 Å². The fourth-order valence-corrected chi connectivity index (χ4v) is 9.23. The van der Waals surface area contributed by atoms with Gasteiger partial charge in [0.25, 0.3) is 0 Å². The molecule has 0 aromatic rings. The molecule has 4 aliphatic carbocycles. The Hall–Kier alpha value is -1.10. The highest BCUT2D eigenvalue weighted by Crippen LogP contribution is 2.68. The maximum atomic E-state index is 12.2. The standard InChI is InChI=1S/C29H48O5/c1-5-16-33-27(32)18-34-26(31)11-6-19(2)23-9-10-24-22-8-7-20-17-21(30)12-14-28(20,3)25(22)13-15-29(23,24)4/h19-25,30H,5-18H2,1-4H3/t19-,20?,21-,22+,23-,24+,25+,28+,29-/m1/s1. The van der Waals surface area contributed by atoms with Crippen molar-refractivity contribution in [2.75, 3.05) is 13.2 Å². The zero-order valence-electron chi connectivity index (χ0n) is 22.0. The molecular weight excluding hydrogens is 428 g/mol. The molecule has 0 amide bonds. The molecule has 5 nitrogen and oxygen atoms in total. The van der Waals surface area contributed by atoms with Gasteiger partial charge in [-0.1, -0.05) is 27.7 Å². The monoisotopic (exact) mass is 476 g/mol. The predicted octanol–water partition coefficient (Wildman–Crippen LogP) is 5.92. The molecule has 0 aromatic carbocycles. The number of esters is 2. The van der Waals surface area contributed by atoms with E-state index in [1.165, 1.54) is 44.9 Å². The zero-order valence-corrected chi connectivity index (χ0v) is 22.0. The minimum atomic E-state index is -0.456. The van der Waals surface area contributed by atoms with Gasteiger partial charge < -0.3 is 14.6 Å². The first-order chi connectivity index (χ1) is 16.2. The van der Waals surface area contributed by atoms with Crippen LogP contribution in [0.25, 0.3) is 0 Å². The van der Waals surface area contributed by atoms with Crippen molar-refractivity contribution in [2.24, 2.45) is 46.3 Å². The highest BCUT2D eigenvalue weighted by molar-refractivity contribution is 5.76. The largest absolute Gasteiger partial charge is 0.463 e. The highest BCUT2D eigenvalue weighted by atomic mass is 16.6. The number of carbonyl (C=O) groups excluding carboxylic acids is 2. The van der Waals surface area contributed by atoms with Gasteiger partial charge in [0.15, 0.2) is 6.61 Å². The number of carbonyl (C=O) groups is 2. The second-order valence-corrected chi connectivity index (χ2v) is 12.7. The summed E-state index contributed by atoms with van der Waals surface area (Å²) in [4.78, 5) is 23.8. The third-order valence-electron chi connectivity index (χ3n) is 11.0. The van der Waals surface area contributed by atoms with Crippen molar-refractivity contribution in [3.8, 4) is 0 Å². The van der Waals surface area contributed by atoms with Crippen molar-refractivity contribution in [3.63, 3.8) is 0 Å². The average Bonchev–Trinajstić information content (AvgIpc) is 3.17. The first-order valence-electron chi connectivity index (χ1n) is 14.2. The van der Waals surface area contributed by atoms with Crippen LogP contribution in [-0.4, -0.2) is 36.4 Å². The molecule has 4 rings (SSSR count). The lowest BCUT2D eigenvalue weighted by Gasteiger charge is -2.61. The van der Waals surface area contributed by atoms with Crippen molar-refractivity contribution in [2.45, 2.75) is 111 Å². The van der Waals surface area contributed by atoms with Crippen molar-refractivity contribution >= 4 is 11.9 Å². The molecule has 0 heterocycles. The third kappa shape index (κ3) is 4.92. The van der Waals surface area contributed by atoms with E-state index in [-0.39, 0.29) is 18.7 Å². The number of ether oxygens (including phenoxy) is 2. The minimum Gasteiger partial charge on any atom is -0.463 e. The quantitative estimate of drug-likeness (QED) is 0.440. The van der Waals surface area contributed by atoms with Crippen molar-refractivity contribution in [1.82, 2.24) is 0 Å². The molecule has 0 spiro atoms. The van der Waals surface area contributed by atoms with E-state index in [1.54, 1.807) is 0 Å². The van der Waals surface area contributed by atoms with Crippen LogP contribution >= 0.6 is 0 Å². The molecule has 0 radical (unpaired) electrons. The summed E-state index contributed by atoms with van der Waals surface area (Å²) < 4.78 is 10.1. The number of hydrogen-bond donors (Lipinski definition) is 1. The van der Waals surface area contributed by atoms with Crippen LogP contribution in [-0.2, 0) is 19.1 Å². The van der Waals surface area contributed by atoms with Gasteiger partial charge in [0.2, 0.25) is 0 Å². The maximum Gasteiger partial charge on any atom is 0.344 e. The van der Waals surface area contributed by atoms with Gasteiger partial charge in [0.1, 0.15) is 0 Å². The molecule has 34 heavy (non-hydrogen) atoms. The van der Waals surface area contributed by atoms with Crippen LogP contribution in [0.5, 0.6) is 0 Å². The number of aliphatic hydroxyl groups excluding tert-OH is 1. The summed E-state index contributed by atoms with van der Waals surface area (Å²) in [7, 11) is 0. The number of hydrogen-bond acceptors (Lipinski definition) is 5. The SMILES string of the molecule is CCCOC(=O)COC(=O)CC[C@@H](C)[C@H]1CC[C@H]2[C@@H]3CCC4C[C@H](O)CC[C@]4(C)[C@H]3CC[C@]12C. The summed E-state index contributed by atoms with van der Waals surface area (Å²) in [5, 5.41) is 10.3. The summed E-state index contributed by atoms with van der Waals surface area (Å²) in [5.41, 5.74) is 0.807. The van der Waals surface area contributed by atoms with Gasteiger partial charge in [0, 0.05) is 6.42 Å². The van der Waals surface area contributed by atoms with E-state index < -0.39 is 5.97 Å². The molecule has 0 aromatic heterocycles. The topological polar surface area (TPSA) is 72.8 Å². The molecule has 0 bridgehead atoms. The Bertz CT molecular complexity index is 736. The smallest absolute Gasteiger partial charge is 0.344 e. The number of rotatable bonds is 8. The van der Waals surface area contributed by atoms with Crippen LogP contribution in [0.3, 0.4) is 0 Å². The fourth-order valence-electron chi connectivity index (χ4n) is 9.23. The van der Waals surface area contributed by atoms with Crippen LogP contribution in [0.2, 0.25) is 0 Å². The average molecular weight is 477 g/mol. The molecule has 4 saturated carbocycles. The van der Waals surface area contributed by atoms with Gasteiger partial charge in [-0.05, 0) is 117 Å². The van der Waals surface area contributed by atoms with E-state index in [0.29, 0.717) is 41.6 Å². The molecular formula is C29H48O5. The molecule has 0 aliphatic heterocycles. The second-order valence-electron chi connectivity index (χ2n) is 12.7. The van der Waals surface area contributed by atoms with E-state index in [9.17, 15) is 14.7 Å². The van der Waals surface area contributed by atoms with Crippen LogP contribution in [0, 0.1) is 46.3 Å². The summed E-state index contributed by atoms with van der Waals surface area (Å²) in [6.45, 7) is 9.49. The molecule has 4 fully saturated rings. The first-order valence-corrected chi connectivity index (χ1v) is 14.2. The van der Waals surface area contributed by atoms with E-state index in [4.69, 9.17) is 9.47 Å². The molecule has 1 unspecified atom stereocenters. The Kier molecular flexibility index (Phi) is 8.01. The highest BCUT2D eigenvalue weighted by Gasteiger charge is 2.60. The second kappa shape index (κ2) is 10.5. The minimum absolute atomic E-state index is 0.0751. The van der Waals surface area contributed by atoms with Gasteiger partial charge in [0.05, 0.1) is 12.7 Å². The van der Waals surface area contributed by atoms with Crippen molar-refractivity contribution < 1.29 is 24.2 Å². The fraction of sp³-hybridized carbons (Fsp3) is 0.931. The molecule has 9 atom stereocenters. The van der Waals surface area contributed by atoms with Gasteiger partial charge in [-0.3, -0.25) is 4.79 Å². The molecule has 1 N–H and O–H groups in total. The van der Waals surface area contributed by atoms with Crippen LogP contribution < -0.4 is 0 Å². The summed E-state index contributed by atoms with van der Waals surface area (Å²) in [6, 6.07) is 0. The molecule has 0 saturated heterocycles. The summed E-state index contributed by atoms with van der Waals surface area (Å²) in [6.07, 6.45) is 13.0. The lowest BCUT2D eigenvalue weighted by Crippen LogP contribution is -2.54. The lowest BCUT2D eigenvalue weighted by atomic mass is 9.44. The molecule has 5 heteroatoms. The summed E-state index contributed by atoms with van der Waals surface area (Å²) in [5.74, 6) is 3.60. The third-order valence-corrected chi connectivity index (χ3v) is 11.0. The Labute approximate surface area is 206 Å².